The van der Waals surface area contributed by atoms with E-state index in [4.69, 9.17) is 18.9 Å². The molecule has 0 N–H and O–H groups in total. The van der Waals surface area contributed by atoms with Crippen LogP contribution in [0.4, 0.5) is 4.39 Å². The fourth-order valence-corrected chi connectivity index (χ4v) is 11.4. The number of carbonyl (C=O) groups excluding carboxylic acids is 1. The van der Waals surface area contributed by atoms with Crippen molar-refractivity contribution in [3.63, 3.8) is 0 Å². The molecule has 2 aromatic rings. The van der Waals surface area contributed by atoms with Gasteiger partial charge in [-0.3, -0.25) is 4.79 Å². The first-order chi connectivity index (χ1) is 15.0. The van der Waals surface area contributed by atoms with Gasteiger partial charge in [0, 0.05) is 12.0 Å². The molecule has 0 bridgehead atoms. The topological polar surface area (TPSA) is 61.6 Å². The van der Waals surface area contributed by atoms with E-state index in [-0.39, 0.29) is 18.8 Å². The Morgan fingerprint density at radius 2 is 1.72 bits per heavy atom. The largest absolute Gasteiger partial charge is 0.493 e. The van der Waals surface area contributed by atoms with Crippen LogP contribution in [-0.4, -0.2) is 32.7 Å². The van der Waals surface area contributed by atoms with E-state index < -0.39 is 19.9 Å². The number of benzene rings is 1. The molecule has 2 rings (SSSR count). The first-order valence-corrected chi connectivity index (χ1v) is 13.7. The molecular weight excluding hydrogens is 425 g/mol. The Balaban J connectivity index is 2.47. The van der Waals surface area contributed by atoms with Gasteiger partial charge in [0.15, 0.2) is 25.2 Å². The molecule has 0 unspecified atom stereocenters. The fourth-order valence-electron chi connectivity index (χ4n) is 5.25. The molecule has 1 aromatic heterocycles. The van der Waals surface area contributed by atoms with Gasteiger partial charge in [-0.15, -0.1) is 0 Å². The summed E-state index contributed by atoms with van der Waals surface area (Å²) >= 11 is 0. The van der Waals surface area contributed by atoms with Crippen molar-refractivity contribution >= 4 is 19.6 Å². The van der Waals surface area contributed by atoms with E-state index in [2.05, 4.69) is 41.5 Å². The van der Waals surface area contributed by atoms with Crippen LogP contribution in [-0.2, 0) is 22.4 Å². The highest BCUT2D eigenvalue weighted by atomic mass is 28.3. The molecule has 0 saturated carbocycles. The summed E-state index contributed by atoms with van der Waals surface area (Å²) < 4.78 is 31.4. The molecule has 0 saturated heterocycles. The van der Waals surface area contributed by atoms with Crippen molar-refractivity contribution in [1.29, 1.82) is 0 Å². The molecule has 0 amide bonds. The number of halogens is 1. The van der Waals surface area contributed by atoms with Crippen LogP contribution in [0.5, 0.6) is 5.75 Å². The molecule has 178 valence electrons. The number of esters is 1. The molecule has 0 radical (unpaired) electrons. The van der Waals surface area contributed by atoms with Crippen LogP contribution >= 0.6 is 0 Å². The van der Waals surface area contributed by atoms with Crippen LogP contribution in [0.3, 0.4) is 0 Å². The average Bonchev–Trinajstić information content (AvgIpc) is 3.01. The summed E-state index contributed by atoms with van der Waals surface area (Å²) in [7, 11) is -0.636. The Hall–Kier alpha value is -2.15. The molecule has 0 spiro atoms. The van der Waals surface area contributed by atoms with Crippen molar-refractivity contribution in [1.82, 2.24) is 4.98 Å². The lowest BCUT2D eigenvalue weighted by Gasteiger charge is -2.39. The van der Waals surface area contributed by atoms with Gasteiger partial charge in [-0.2, -0.15) is 0 Å². The van der Waals surface area contributed by atoms with Gasteiger partial charge < -0.3 is 13.9 Å². The third kappa shape index (κ3) is 5.08. The first kappa shape index (κ1) is 26.1. The van der Waals surface area contributed by atoms with Gasteiger partial charge >= 0.3 is 5.97 Å². The number of rotatable bonds is 10. The third-order valence-corrected chi connectivity index (χ3v) is 13.2. The summed E-state index contributed by atoms with van der Waals surface area (Å²) in [5.41, 5.74) is 4.31. The summed E-state index contributed by atoms with van der Waals surface area (Å²) in [4.78, 5) is 16.9. The maximum atomic E-state index is 14.7. The Morgan fingerprint density at radius 1 is 1.12 bits per heavy atom. The third-order valence-electron chi connectivity index (χ3n) is 6.52. The van der Waals surface area contributed by atoms with Crippen molar-refractivity contribution in [2.24, 2.45) is 0 Å². The number of aryl methyl sites for hydroxylation is 1. The van der Waals surface area contributed by atoms with Crippen LogP contribution in [0.15, 0.2) is 16.5 Å². The van der Waals surface area contributed by atoms with Crippen LogP contribution < -0.4 is 10.3 Å². The quantitative estimate of drug-likeness (QED) is 0.333. The number of methoxy groups -OCH3 is 1. The minimum absolute atomic E-state index is 0.0491. The Labute approximate surface area is 192 Å². The summed E-state index contributed by atoms with van der Waals surface area (Å²) in [5, 5.41) is 0. The van der Waals surface area contributed by atoms with E-state index >= 15 is 0 Å². The SMILES string of the molecule is CCOC(=O)Cc1cc(Cc2oc([Si](C(C)C)(C(C)C)C(C)C)nc2C)cc(F)c1OC. The maximum absolute atomic E-state index is 14.7. The summed E-state index contributed by atoms with van der Waals surface area (Å²) in [6.07, 6.45) is 0.348. The zero-order valence-electron chi connectivity index (χ0n) is 21.0. The highest BCUT2D eigenvalue weighted by Gasteiger charge is 2.49. The lowest BCUT2D eigenvalue weighted by molar-refractivity contribution is -0.142. The van der Waals surface area contributed by atoms with Gasteiger partial charge in [0.25, 0.3) is 0 Å². The summed E-state index contributed by atoms with van der Waals surface area (Å²) in [6, 6.07) is 3.23. The minimum Gasteiger partial charge on any atom is -0.493 e. The number of oxazole rings is 1. The Kier molecular flexibility index (Phi) is 8.68. The predicted octanol–water partition coefficient (Wildman–Crippen LogP) is 5.71. The summed E-state index contributed by atoms with van der Waals surface area (Å²) in [6.45, 7) is 17.6. The monoisotopic (exact) mass is 463 g/mol. The molecule has 1 aromatic carbocycles. The number of hydrogen-bond donors (Lipinski definition) is 0. The van der Waals surface area contributed by atoms with Crippen LogP contribution in [0, 0.1) is 12.7 Å². The molecular formula is C25H38FNO4Si. The molecule has 32 heavy (non-hydrogen) atoms. The second-order valence-electron chi connectivity index (χ2n) is 9.35. The highest BCUT2D eigenvalue weighted by Crippen LogP contribution is 2.41. The van der Waals surface area contributed by atoms with E-state index in [1.54, 1.807) is 13.0 Å². The zero-order valence-corrected chi connectivity index (χ0v) is 22.0. The van der Waals surface area contributed by atoms with Crippen LogP contribution in [0.25, 0.3) is 0 Å². The number of ether oxygens (including phenoxy) is 2. The zero-order chi connectivity index (χ0) is 24.2. The van der Waals surface area contributed by atoms with Crippen molar-refractivity contribution in [3.8, 4) is 5.75 Å². The molecule has 0 atom stereocenters. The molecule has 0 aliphatic heterocycles. The van der Waals surface area contributed by atoms with Crippen molar-refractivity contribution in [2.75, 3.05) is 13.7 Å². The smallest absolute Gasteiger partial charge is 0.310 e. The van der Waals surface area contributed by atoms with Gasteiger partial charge in [0.1, 0.15) is 5.76 Å². The van der Waals surface area contributed by atoms with Crippen molar-refractivity contribution in [2.45, 2.75) is 84.9 Å². The molecule has 0 aliphatic carbocycles. The predicted molar refractivity (Wildman–Crippen MR) is 128 cm³/mol. The van der Waals surface area contributed by atoms with Gasteiger partial charge in [-0.25, -0.2) is 9.37 Å². The van der Waals surface area contributed by atoms with E-state index in [1.165, 1.54) is 13.2 Å². The molecule has 0 fully saturated rings. The van der Waals surface area contributed by atoms with Gasteiger partial charge in [-0.1, -0.05) is 47.6 Å². The van der Waals surface area contributed by atoms with Crippen LogP contribution in [0.1, 0.15) is 71.0 Å². The fraction of sp³-hybridized carbons (Fsp3) is 0.600. The van der Waals surface area contributed by atoms with Crippen LogP contribution in [0.2, 0.25) is 16.6 Å². The average molecular weight is 464 g/mol. The molecule has 7 heteroatoms. The van der Waals surface area contributed by atoms with E-state index in [1.807, 2.05) is 6.92 Å². The first-order valence-electron chi connectivity index (χ1n) is 11.5. The summed E-state index contributed by atoms with van der Waals surface area (Å²) in [5.74, 6) is -0.105. The van der Waals surface area contributed by atoms with E-state index in [0.29, 0.717) is 34.2 Å². The Morgan fingerprint density at radius 3 is 2.22 bits per heavy atom. The maximum Gasteiger partial charge on any atom is 0.310 e. The second kappa shape index (κ2) is 10.6. The second-order valence-corrected chi connectivity index (χ2v) is 15.1. The lowest BCUT2D eigenvalue weighted by Crippen LogP contribution is -2.56. The normalized spacial score (nSPS) is 12.2. The van der Waals surface area contributed by atoms with Gasteiger partial charge in [0.2, 0.25) is 0 Å². The molecule has 1 heterocycles. The van der Waals surface area contributed by atoms with Crippen molar-refractivity contribution < 1.29 is 23.1 Å². The number of carbonyl (C=O) groups is 1. The molecule has 0 aliphatic rings. The number of hydrogen-bond acceptors (Lipinski definition) is 5. The number of aromatic nitrogens is 1. The number of nitrogens with zero attached hydrogens (tertiary/aromatic N) is 1. The van der Waals surface area contributed by atoms with Crippen molar-refractivity contribution in [3.05, 3.63) is 40.5 Å². The molecule has 5 nitrogen and oxygen atoms in total. The van der Waals surface area contributed by atoms with E-state index in [9.17, 15) is 9.18 Å². The lowest BCUT2D eigenvalue weighted by atomic mass is 10.0. The highest BCUT2D eigenvalue weighted by molar-refractivity contribution is 6.93. The van der Waals surface area contributed by atoms with Gasteiger partial charge in [-0.05, 0) is 42.1 Å². The van der Waals surface area contributed by atoms with E-state index in [0.717, 1.165) is 17.0 Å². The Bertz CT molecular complexity index is 914. The van der Waals surface area contributed by atoms with Gasteiger partial charge in [0.05, 0.1) is 25.8 Å². The standard InChI is InChI=1S/C25H38FNO4Si/c1-10-30-23(28)14-20-11-19(12-21(26)24(20)29-9)13-22-18(8)27-25(31-22)32(15(2)3,16(4)5)17(6)7/h11-12,15-17H,10,13-14H2,1-9H3. The minimum atomic E-state index is -2.03.